The summed E-state index contributed by atoms with van der Waals surface area (Å²) in [5.41, 5.74) is 6.83. The van der Waals surface area contributed by atoms with Crippen LogP contribution in [0.3, 0.4) is 0 Å². The Morgan fingerprint density at radius 3 is 2.81 bits per heavy atom. The minimum absolute atomic E-state index is 0.219. The molecule has 3 nitrogen and oxygen atoms in total. The van der Waals surface area contributed by atoms with Crippen LogP contribution in [-0.4, -0.2) is 12.1 Å². The third kappa shape index (κ3) is 2.56. The number of carbonyl (C=O) groups excluding carboxylic acids is 1. The summed E-state index contributed by atoms with van der Waals surface area (Å²) in [6.07, 6.45) is 7.07. The number of amides is 1. The lowest BCUT2D eigenvalue weighted by molar-refractivity contribution is 0.0955. The average Bonchev–Trinajstić information content (AvgIpc) is 2.83. The molecule has 1 aliphatic carbocycles. The standard InChI is InChI=1S/C13H10N2O/c16-13(12-8-2-1-3-9-12)15-14-10-11-6-4-5-7-11/h1-6,8-10H,(H,15,16)/b14-10+. The van der Waals surface area contributed by atoms with Gasteiger partial charge in [-0.05, 0) is 24.3 Å². The first kappa shape index (κ1) is 10.1. The van der Waals surface area contributed by atoms with Crippen LogP contribution in [-0.2, 0) is 0 Å². The van der Waals surface area contributed by atoms with Crippen LogP contribution in [0.4, 0.5) is 0 Å². The highest BCUT2D eigenvalue weighted by atomic mass is 16.2. The van der Waals surface area contributed by atoms with Crippen LogP contribution in [0.2, 0.25) is 0 Å². The van der Waals surface area contributed by atoms with Gasteiger partial charge in [-0.1, -0.05) is 24.3 Å². The second kappa shape index (κ2) is 4.91. The maximum atomic E-state index is 11.5. The molecule has 0 saturated heterocycles. The molecule has 0 heterocycles. The van der Waals surface area contributed by atoms with E-state index >= 15 is 0 Å². The number of carbonyl (C=O) groups is 1. The molecule has 0 spiro atoms. The van der Waals surface area contributed by atoms with Crippen molar-refractivity contribution in [2.45, 2.75) is 0 Å². The molecule has 0 aromatic heterocycles. The smallest absolute Gasteiger partial charge is 0.267 e. The largest absolute Gasteiger partial charge is 0.271 e. The topological polar surface area (TPSA) is 41.5 Å². The number of nitrogens with one attached hydrogen (secondary N) is 1. The number of nitrogens with zero attached hydrogens (tertiary/aromatic N) is 1. The van der Waals surface area contributed by atoms with E-state index in [0.29, 0.717) is 5.56 Å². The summed E-state index contributed by atoms with van der Waals surface area (Å²) >= 11 is 0. The summed E-state index contributed by atoms with van der Waals surface area (Å²) in [4.78, 5) is 11.5. The van der Waals surface area contributed by atoms with Gasteiger partial charge >= 0.3 is 0 Å². The average molecular weight is 210 g/mol. The summed E-state index contributed by atoms with van der Waals surface area (Å²) in [6, 6.07) is 8.95. The lowest BCUT2D eigenvalue weighted by atomic mass is 10.2. The molecule has 1 amide bonds. The molecule has 0 unspecified atom stereocenters. The minimum Gasteiger partial charge on any atom is -0.267 e. The maximum Gasteiger partial charge on any atom is 0.271 e. The van der Waals surface area contributed by atoms with Crippen molar-refractivity contribution in [3.05, 3.63) is 65.4 Å². The Bertz CT molecular complexity index is 506. The third-order valence-corrected chi connectivity index (χ3v) is 2.03. The van der Waals surface area contributed by atoms with E-state index in [1.54, 1.807) is 24.4 Å². The summed E-state index contributed by atoms with van der Waals surface area (Å²) in [5, 5.41) is 3.83. The van der Waals surface area contributed by atoms with Gasteiger partial charge in [0.25, 0.3) is 5.91 Å². The van der Waals surface area contributed by atoms with E-state index < -0.39 is 0 Å². The normalized spacial score (nSPS) is 13.1. The number of rotatable bonds is 3. The molecular formula is C13H10N2O. The second-order valence-corrected chi connectivity index (χ2v) is 3.19. The lowest BCUT2D eigenvalue weighted by Gasteiger charge is -1.97. The fourth-order valence-corrected chi connectivity index (χ4v) is 1.24. The molecule has 0 radical (unpaired) electrons. The quantitative estimate of drug-likeness (QED) is 0.463. The van der Waals surface area contributed by atoms with Crippen molar-refractivity contribution in [1.82, 2.24) is 5.43 Å². The fraction of sp³-hybridized carbons (Fsp3) is 0. The Labute approximate surface area is 93.5 Å². The zero-order chi connectivity index (χ0) is 11.2. The predicted octanol–water partition coefficient (Wildman–Crippen LogP) is 2.05. The maximum absolute atomic E-state index is 11.5. The van der Waals surface area contributed by atoms with Crippen molar-refractivity contribution in [2.75, 3.05) is 0 Å². The van der Waals surface area contributed by atoms with Gasteiger partial charge in [0.05, 0.1) is 6.21 Å². The van der Waals surface area contributed by atoms with Crippen molar-refractivity contribution in [2.24, 2.45) is 5.10 Å². The first-order valence-corrected chi connectivity index (χ1v) is 4.88. The van der Waals surface area contributed by atoms with E-state index in [1.165, 1.54) is 0 Å². The van der Waals surface area contributed by atoms with Crippen molar-refractivity contribution in [3.8, 4) is 0 Å². The first-order chi connectivity index (χ1) is 7.86. The first-order valence-electron chi connectivity index (χ1n) is 4.88. The third-order valence-electron chi connectivity index (χ3n) is 2.03. The van der Waals surface area contributed by atoms with Gasteiger partial charge in [-0.3, -0.25) is 4.79 Å². The predicted molar refractivity (Wildman–Crippen MR) is 63.1 cm³/mol. The Kier molecular flexibility index (Phi) is 3.12. The van der Waals surface area contributed by atoms with E-state index in [-0.39, 0.29) is 5.91 Å². The lowest BCUT2D eigenvalue weighted by Crippen LogP contribution is -2.17. The molecule has 78 valence electrons. The molecular weight excluding hydrogens is 200 g/mol. The highest BCUT2D eigenvalue weighted by Crippen LogP contribution is 1.99. The van der Waals surface area contributed by atoms with Gasteiger partial charge in [-0.2, -0.15) is 5.10 Å². The molecule has 2 rings (SSSR count). The zero-order valence-electron chi connectivity index (χ0n) is 8.55. The zero-order valence-corrected chi connectivity index (χ0v) is 8.55. The molecule has 0 atom stereocenters. The molecule has 0 bridgehead atoms. The van der Waals surface area contributed by atoms with Gasteiger partial charge in [-0.15, -0.1) is 5.73 Å². The van der Waals surface area contributed by atoms with Crippen LogP contribution >= 0.6 is 0 Å². The SMILES string of the molecule is O=C(N/N=C/C1=C=CC=C1)c1ccccc1. The van der Waals surface area contributed by atoms with Crippen molar-refractivity contribution in [1.29, 1.82) is 0 Å². The van der Waals surface area contributed by atoms with Gasteiger partial charge in [0.15, 0.2) is 0 Å². The van der Waals surface area contributed by atoms with Crippen LogP contribution in [0, 0.1) is 0 Å². The number of allylic oxidation sites excluding steroid dienone is 3. The number of benzene rings is 1. The highest BCUT2D eigenvalue weighted by molar-refractivity contribution is 5.95. The number of hydrogen-bond acceptors (Lipinski definition) is 2. The molecule has 1 aliphatic rings. The van der Waals surface area contributed by atoms with E-state index in [2.05, 4.69) is 16.3 Å². The van der Waals surface area contributed by atoms with Crippen LogP contribution in [0.25, 0.3) is 0 Å². The second-order valence-electron chi connectivity index (χ2n) is 3.19. The van der Waals surface area contributed by atoms with Crippen LogP contribution in [0.5, 0.6) is 0 Å². The molecule has 3 heteroatoms. The minimum atomic E-state index is -0.219. The summed E-state index contributed by atoms with van der Waals surface area (Å²) in [6.45, 7) is 0. The molecule has 0 saturated carbocycles. The Morgan fingerprint density at radius 1 is 1.31 bits per heavy atom. The van der Waals surface area contributed by atoms with Crippen LogP contribution in [0.1, 0.15) is 10.4 Å². The van der Waals surface area contributed by atoms with Gasteiger partial charge < -0.3 is 0 Å². The van der Waals surface area contributed by atoms with Crippen LogP contribution < -0.4 is 5.43 Å². The number of hydrogen-bond donors (Lipinski definition) is 1. The summed E-state index contributed by atoms with van der Waals surface area (Å²) in [7, 11) is 0. The molecule has 0 fully saturated rings. The molecule has 16 heavy (non-hydrogen) atoms. The van der Waals surface area contributed by atoms with Crippen molar-refractivity contribution >= 4 is 12.1 Å². The Morgan fingerprint density at radius 2 is 2.12 bits per heavy atom. The van der Waals surface area contributed by atoms with Crippen molar-refractivity contribution in [3.63, 3.8) is 0 Å². The monoisotopic (exact) mass is 210 g/mol. The van der Waals surface area contributed by atoms with E-state index in [0.717, 1.165) is 5.57 Å². The van der Waals surface area contributed by atoms with E-state index in [1.807, 2.05) is 30.4 Å². The molecule has 1 aromatic rings. The molecule has 0 aliphatic heterocycles. The Balaban J connectivity index is 1.94. The molecule has 1 aromatic carbocycles. The highest BCUT2D eigenvalue weighted by Gasteiger charge is 2.01. The fourth-order valence-electron chi connectivity index (χ4n) is 1.24. The summed E-state index contributed by atoms with van der Waals surface area (Å²) < 4.78 is 0. The van der Waals surface area contributed by atoms with Gasteiger partial charge in [0, 0.05) is 11.1 Å². The van der Waals surface area contributed by atoms with E-state index in [9.17, 15) is 4.79 Å². The summed E-state index contributed by atoms with van der Waals surface area (Å²) in [5.74, 6) is -0.219. The molecule has 1 N–H and O–H groups in total. The Hall–Kier alpha value is -2.38. The van der Waals surface area contributed by atoms with Gasteiger partial charge in [0.2, 0.25) is 0 Å². The van der Waals surface area contributed by atoms with Crippen molar-refractivity contribution < 1.29 is 4.79 Å². The van der Waals surface area contributed by atoms with Gasteiger partial charge in [-0.25, -0.2) is 5.43 Å². The van der Waals surface area contributed by atoms with Gasteiger partial charge in [0.1, 0.15) is 0 Å². The van der Waals surface area contributed by atoms with E-state index in [4.69, 9.17) is 0 Å². The number of hydrazone groups is 1. The van der Waals surface area contributed by atoms with Crippen LogP contribution in [0.15, 0.2) is 65.0 Å².